The van der Waals surface area contributed by atoms with Gasteiger partial charge >= 0.3 is 0 Å². The Kier molecular flexibility index (Phi) is 19.5. The summed E-state index contributed by atoms with van der Waals surface area (Å²) in [7, 11) is 0. The maximum atomic E-state index is 5.49. The molecular formula is C118H77N7. The molecule has 0 amide bonds. The lowest BCUT2D eigenvalue weighted by Crippen LogP contribution is -1.97. The predicted molar refractivity (Wildman–Crippen MR) is 520 cm³/mol. The highest BCUT2D eigenvalue weighted by Crippen LogP contribution is 2.46. The standard InChI is InChI=1S/C59H38N4.C59H39N3/c1-4-16-39(17-5-1)46-24-14-26-50-56(46)51-27-15-25-47(58(51)62-57(50)43-18-6-2-7-19-43)40-30-32-41(33-31-40)52-38-53(61-59(60-52)44-20-8-3-9-21-44)42-34-36-45(37-35-42)63-54-28-12-10-22-48(54)49-23-11-13-29-55(49)63;1-5-17-40(18-6-1)46-25-13-27-48(37-46)55-39-54(60-59(61-55)49-28-14-26-47(38-49)41-19-7-2-8-20-41)44-35-33-43(34-36-44)51-30-16-32-53-56-50(42-21-9-3-10-22-42)29-15-31-52(56)57(62-58(51)53)45-23-11-4-12-24-45/h1-38H;1-39H. The average Bonchev–Trinajstić information content (AvgIpc) is 0.867. The van der Waals surface area contributed by atoms with Crippen LogP contribution in [-0.2, 0) is 0 Å². The molecule has 0 spiro atoms. The number of rotatable bonds is 15. The van der Waals surface area contributed by atoms with E-state index in [-0.39, 0.29) is 0 Å². The van der Waals surface area contributed by atoms with Crippen LogP contribution >= 0.6 is 0 Å². The van der Waals surface area contributed by atoms with E-state index in [0.29, 0.717) is 11.6 Å². The third kappa shape index (κ3) is 14.4. The van der Waals surface area contributed by atoms with E-state index in [1.165, 1.54) is 54.8 Å². The molecule has 7 heteroatoms. The molecule has 5 heterocycles. The number of benzene rings is 18. The lowest BCUT2D eigenvalue weighted by molar-refractivity contribution is 1.17. The molecule has 0 aliphatic heterocycles. The lowest BCUT2D eigenvalue weighted by atomic mass is 9.91. The summed E-state index contributed by atoms with van der Waals surface area (Å²) in [6.45, 7) is 0. The second-order valence-corrected chi connectivity index (χ2v) is 31.5. The summed E-state index contributed by atoms with van der Waals surface area (Å²) in [5, 5.41) is 9.43. The molecule has 584 valence electrons. The van der Waals surface area contributed by atoms with Crippen molar-refractivity contribution in [3.8, 4) is 163 Å². The maximum Gasteiger partial charge on any atom is 0.160 e. The topological polar surface area (TPSA) is 82.3 Å². The minimum atomic E-state index is 0.678. The van der Waals surface area contributed by atoms with Gasteiger partial charge in [-0.15, -0.1) is 0 Å². The fourth-order valence-electron chi connectivity index (χ4n) is 17.9. The molecule has 23 rings (SSSR count). The summed E-state index contributed by atoms with van der Waals surface area (Å²) in [4.78, 5) is 31.8. The first-order valence-electron chi connectivity index (χ1n) is 42.4. The highest BCUT2D eigenvalue weighted by Gasteiger charge is 2.23. The SMILES string of the molecule is c1ccc(-c2cccc(-c3cc(-c4ccc(-c5cccc6c5nc(-c5ccccc5)c5cccc(-c7ccccc7)c56)cc4)nc(-c4cccc(-c5ccccc5)c4)n3)c2)cc1.c1ccc(-c2nc(-c3ccc(-c4cccc5c4nc(-c4ccccc4)c4cccc(-c6ccccc6)c45)cc3)cc(-c3ccc(-n4c5ccccc5c5ccccc54)cc3)n2)cc1. The highest BCUT2D eigenvalue weighted by molar-refractivity contribution is 6.21. The van der Waals surface area contributed by atoms with Crippen LogP contribution in [0.1, 0.15) is 0 Å². The summed E-state index contributed by atoms with van der Waals surface area (Å²) < 4.78 is 2.34. The molecule has 0 aliphatic rings. The molecule has 0 saturated heterocycles. The number of hydrogen-bond acceptors (Lipinski definition) is 6. The van der Waals surface area contributed by atoms with Gasteiger partial charge in [0.1, 0.15) is 0 Å². The Morgan fingerprint density at radius 2 is 0.424 bits per heavy atom. The lowest BCUT2D eigenvalue weighted by Gasteiger charge is -2.16. The van der Waals surface area contributed by atoms with Gasteiger partial charge in [-0.25, -0.2) is 29.9 Å². The molecule has 0 unspecified atom stereocenters. The quantitative estimate of drug-likeness (QED) is 0.0951. The van der Waals surface area contributed by atoms with E-state index in [1.807, 2.05) is 30.3 Å². The fourth-order valence-corrected chi connectivity index (χ4v) is 17.9. The van der Waals surface area contributed by atoms with Crippen LogP contribution in [0.3, 0.4) is 0 Å². The van der Waals surface area contributed by atoms with E-state index in [2.05, 4.69) is 441 Å². The van der Waals surface area contributed by atoms with E-state index < -0.39 is 0 Å². The van der Waals surface area contributed by atoms with E-state index in [0.717, 1.165) is 161 Å². The Labute approximate surface area is 724 Å². The van der Waals surface area contributed by atoms with Gasteiger partial charge in [0.05, 0.1) is 56.2 Å². The van der Waals surface area contributed by atoms with Crippen molar-refractivity contribution in [2.75, 3.05) is 0 Å². The zero-order chi connectivity index (χ0) is 82.9. The number of para-hydroxylation sites is 4. The van der Waals surface area contributed by atoms with Gasteiger partial charge in [0.15, 0.2) is 11.6 Å². The molecule has 23 aromatic rings. The summed E-state index contributed by atoms with van der Waals surface area (Å²) in [5.74, 6) is 1.36. The number of fused-ring (bicyclic) bond motifs is 9. The van der Waals surface area contributed by atoms with Gasteiger partial charge in [0.25, 0.3) is 0 Å². The van der Waals surface area contributed by atoms with Crippen molar-refractivity contribution in [1.82, 2.24) is 34.5 Å². The van der Waals surface area contributed by atoms with Gasteiger partial charge in [0, 0.05) is 104 Å². The maximum absolute atomic E-state index is 5.49. The number of nitrogens with zero attached hydrogens (tertiary/aromatic N) is 7. The van der Waals surface area contributed by atoms with Crippen LogP contribution in [0, 0.1) is 0 Å². The van der Waals surface area contributed by atoms with E-state index >= 15 is 0 Å². The summed E-state index contributed by atoms with van der Waals surface area (Å²) in [6.07, 6.45) is 0. The number of aromatic nitrogens is 7. The normalized spacial score (nSPS) is 11.4. The van der Waals surface area contributed by atoms with Gasteiger partial charge in [-0.1, -0.05) is 419 Å². The second-order valence-electron chi connectivity index (χ2n) is 31.5. The van der Waals surface area contributed by atoms with Crippen LogP contribution in [0.5, 0.6) is 0 Å². The van der Waals surface area contributed by atoms with Crippen LogP contribution in [0.25, 0.3) is 228 Å². The van der Waals surface area contributed by atoms with Gasteiger partial charge in [0.2, 0.25) is 0 Å². The Hall–Kier alpha value is -16.7. The first-order chi connectivity index (χ1) is 62.0. The highest BCUT2D eigenvalue weighted by atomic mass is 15.0. The molecule has 0 fully saturated rings. The first-order valence-corrected chi connectivity index (χ1v) is 42.4. The monoisotopic (exact) mass is 1590 g/mol. The smallest absolute Gasteiger partial charge is 0.160 e. The Morgan fingerprint density at radius 3 is 0.840 bits per heavy atom. The van der Waals surface area contributed by atoms with Crippen LogP contribution in [0.2, 0.25) is 0 Å². The third-order valence-corrected chi connectivity index (χ3v) is 23.9. The Balaban J connectivity index is 0.000000148. The van der Waals surface area contributed by atoms with Gasteiger partial charge in [-0.2, -0.15) is 0 Å². The molecule has 0 aliphatic carbocycles. The molecule has 0 saturated carbocycles. The van der Waals surface area contributed by atoms with Crippen molar-refractivity contribution < 1.29 is 0 Å². The average molecular weight is 1590 g/mol. The van der Waals surface area contributed by atoms with Gasteiger partial charge in [-0.3, -0.25) is 0 Å². The van der Waals surface area contributed by atoms with Crippen LogP contribution in [-0.4, -0.2) is 34.5 Å². The van der Waals surface area contributed by atoms with Crippen molar-refractivity contribution in [1.29, 1.82) is 0 Å². The van der Waals surface area contributed by atoms with Crippen LogP contribution in [0.15, 0.2) is 467 Å². The van der Waals surface area contributed by atoms with Crippen molar-refractivity contribution >= 4 is 65.2 Å². The van der Waals surface area contributed by atoms with Gasteiger partial charge < -0.3 is 4.57 Å². The van der Waals surface area contributed by atoms with Crippen LogP contribution < -0.4 is 0 Å². The van der Waals surface area contributed by atoms with Crippen molar-refractivity contribution in [3.63, 3.8) is 0 Å². The van der Waals surface area contributed by atoms with Crippen molar-refractivity contribution in [2.45, 2.75) is 0 Å². The molecular weight excluding hydrogens is 1520 g/mol. The van der Waals surface area contributed by atoms with Gasteiger partial charge in [-0.05, 0) is 104 Å². The summed E-state index contributed by atoms with van der Waals surface area (Å²) >= 11 is 0. The molecule has 0 radical (unpaired) electrons. The molecule has 7 nitrogen and oxygen atoms in total. The van der Waals surface area contributed by atoms with Crippen molar-refractivity contribution in [3.05, 3.63) is 467 Å². The summed E-state index contributed by atoms with van der Waals surface area (Å²) in [5.41, 5.74) is 32.7. The first kappa shape index (κ1) is 74.5. The minimum Gasteiger partial charge on any atom is -0.309 e. The molecule has 0 bridgehead atoms. The van der Waals surface area contributed by atoms with Crippen LogP contribution in [0.4, 0.5) is 0 Å². The molecule has 0 atom stereocenters. The second kappa shape index (κ2) is 32.8. The minimum absolute atomic E-state index is 0.678. The van der Waals surface area contributed by atoms with E-state index in [1.54, 1.807) is 0 Å². The van der Waals surface area contributed by atoms with E-state index in [9.17, 15) is 0 Å². The number of hydrogen-bond donors (Lipinski definition) is 0. The zero-order valence-corrected chi connectivity index (χ0v) is 68.1. The Morgan fingerprint density at radius 1 is 0.152 bits per heavy atom. The largest absolute Gasteiger partial charge is 0.309 e. The number of pyridine rings is 2. The zero-order valence-electron chi connectivity index (χ0n) is 68.1. The molecule has 0 N–H and O–H groups in total. The Bertz CT molecular complexity index is 7790. The van der Waals surface area contributed by atoms with E-state index in [4.69, 9.17) is 29.9 Å². The molecule has 125 heavy (non-hydrogen) atoms. The fraction of sp³-hybridized carbons (Fsp3) is 0. The predicted octanol–water partition coefficient (Wildman–Crippen LogP) is 30.8. The van der Waals surface area contributed by atoms with Crippen molar-refractivity contribution in [2.24, 2.45) is 0 Å². The third-order valence-electron chi connectivity index (χ3n) is 23.9. The molecule has 5 aromatic heterocycles. The molecule has 18 aromatic carbocycles. The summed E-state index contributed by atoms with van der Waals surface area (Å²) in [6, 6.07) is 165.